The van der Waals surface area contributed by atoms with Crippen molar-refractivity contribution >= 4 is 27.3 Å². The van der Waals surface area contributed by atoms with Gasteiger partial charge < -0.3 is 9.64 Å². The van der Waals surface area contributed by atoms with Gasteiger partial charge in [-0.2, -0.15) is 0 Å². The lowest BCUT2D eigenvalue weighted by molar-refractivity contribution is -0.123. The number of sulfonamides is 1. The number of rotatable bonds is 13. The van der Waals surface area contributed by atoms with Gasteiger partial charge in [-0.3, -0.25) is 14.5 Å². The van der Waals surface area contributed by atoms with Crippen LogP contribution in [-0.2, 0) is 19.6 Å². The number of hydrogen-bond donors (Lipinski definition) is 1. The lowest BCUT2D eigenvalue weighted by Crippen LogP contribution is -2.33. The van der Waals surface area contributed by atoms with Crippen LogP contribution in [0.25, 0.3) is 16.8 Å². The summed E-state index contributed by atoms with van der Waals surface area (Å²) in [4.78, 5) is 23.3. The van der Waals surface area contributed by atoms with E-state index in [0.29, 0.717) is 13.0 Å². The van der Waals surface area contributed by atoms with Crippen molar-refractivity contribution in [3.05, 3.63) is 61.0 Å². The van der Waals surface area contributed by atoms with E-state index in [1.54, 1.807) is 6.20 Å². The number of hydrogen-bond acceptors (Lipinski definition) is 7. The Morgan fingerprint density at radius 2 is 1.94 bits per heavy atom. The number of anilines is 1. The van der Waals surface area contributed by atoms with Crippen LogP contribution in [0.1, 0.15) is 39.3 Å². The van der Waals surface area contributed by atoms with Crippen LogP contribution in [0.15, 0.2) is 55.3 Å². The first-order chi connectivity index (χ1) is 16.1. The summed E-state index contributed by atoms with van der Waals surface area (Å²) in [6.45, 7) is 11.1. The van der Waals surface area contributed by atoms with Crippen molar-refractivity contribution in [1.82, 2.24) is 14.7 Å². The minimum Gasteiger partial charge on any atom is -0.372 e. The Morgan fingerprint density at radius 1 is 1.24 bits per heavy atom. The summed E-state index contributed by atoms with van der Waals surface area (Å²) in [7, 11) is -3.57. The van der Waals surface area contributed by atoms with Crippen molar-refractivity contribution in [2.24, 2.45) is 0 Å². The molecule has 0 aliphatic heterocycles. The van der Waals surface area contributed by atoms with Crippen LogP contribution in [0.2, 0.25) is 0 Å². The second kappa shape index (κ2) is 13.0. The van der Waals surface area contributed by atoms with Crippen LogP contribution in [-0.4, -0.2) is 56.3 Å². The molecule has 1 aromatic heterocycles. The zero-order valence-corrected chi connectivity index (χ0v) is 21.1. The Labute approximate surface area is 202 Å². The number of amides is 1. The van der Waals surface area contributed by atoms with E-state index in [9.17, 15) is 13.2 Å². The Bertz CT molecular complexity index is 1100. The van der Waals surface area contributed by atoms with Gasteiger partial charge in [0.05, 0.1) is 23.8 Å². The zero-order chi connectivity index (χ0) is 25.1. The number of allylic oxidation sites excluding steroid dienone is 3. The van der Waals surface area contributed by atoms with Crippen molar-refractivity contribution in [2.75, 3.05) is 30.9 Å². The Morgan fingerprint density at radius 3 is 2.56 bits per heavy atom. The molecule has 0 fully saturated rings. The number of carbonyl (C=O) groups excluding carboxylic acids is 1. The lowest BCUT2D eigenvalue weighted by atomic mass is 10.0. The number of benzene rings is 1. The molecular weight excluding hydrogens is 452 g/mol. The van der Waals surface area contributed by atoms with E-state index in [1.165, 1.54) is 0 Å². The summed E-state index contributed by atoms with van der Waals surface area (Å²) in [5.74, 6) is 0.106. The summed E-state index contributed by atoms with van der Waals surface area (Å²) in [6.07, 6.45) is 8.08. The third-order valence-electron chi connectivity index (χ3n) is 4.87. The van der Waals surface area contributed by atoms with Crippen molar-refractivity contribution < 1.29 is 17.9 Å². The normalized spacial score (nSPS) is 11.7. The Kier molecular flexibility index (Phi) is 10.4. The smallest absolute Gasteiger partial charge is 0.259 e. The van der Waals surface area contributed by atoms with Crippen LogP contribution < -0.4 is 9.62 Å². The number of nitrogens with one attached hydrogen (secondary N) is 1. The van der Waals surface area contributed by atoms with Crippen molar-refractivity contribution in [2.45, 2.75) is 39.7 Å². The molecule has 34 heavy (non-hydrogen) atoms. The zero-order valence-electron chi connectivity index (χ0n) is 20.3. The molecule has 8 nitrogen and oxygen atoms in total. The fourth-order valence-corrected chi connectivity index (χ4v) is 3.83. The topological polar surface area (TPSA) is 101 Å². The maximum Gasteiger partial charge on any atom is 0.259 e. The van der Waals surface area contributed by atoms with Gasteiger partial charge in [0.2, 0.25) is 10.0 Å². The predicted molar refractivity (Wildman–Crippen MR) is 137 cm³/mol. The molecule has 184 valence electrons. The van der Waals surface area contributed by atoms with E-state index < -0.39 is 15.9 Å². The molecule has 0 aliphatic carbocycles. The largest absolute Gasteiger partial charge is 0.372 e. The van der Waals surface area contributed by atoms with Gasteiger partial charge in [0.15, 0.2) is 0 Å². The van der Waals surface area contributed by atoms with E-state index in [4.69, 9.17) is 14.7 Å². The molecule has 0 radical (unpaired) electrons. The van der Waals surface area contributed by atoms with E-state index in [1.807, 2.05) is 54.1 Å². The molecule has 1 amide bonds. The number of unbranched alkanes of at least 4 members (excludes halogenated alkanes) is 1. The third-order valence-corrected chi connectivity index (χ3v) is 5.47. The van der Waals surface area contributed by atoms with Gasteiger partial charge in [-0.25, -0.2) is 13.4 Å². The maximum atomic E-state index is 11.5. The molecule has 2 aromatic rings. The maximum absolute atomic E-state index is 11.5. The standard InChI is InChI=1S/C25H34N4O4S/c1-6-12-20(4)24-25(21-13-8-7-9-14-21)27-22(17-26-24)29(19(2)3)15-10-11-16-33-18-23(30)28-34(5,31)32/h6-9,12-14,17,19H,4,10-11,15-16,18H2,1-3,5H3,(H,28,30)/b12-6-. The highest BCUT2D eigenvalue weighted by molar-refractivity contribution is 7.89. The van der Waals surface area contributed by atoms with Gasteiger partial charge in [0, 0.05) is 24.8 Å². The highest BCUT2D eigenvalue weighted by Gasteiger charge is 2.17. The van der Waals surface area contributed by atoms with E-state index in [2.05, 4.69) is 25.3 Å². The van der Waals surface area contributed by atoms with Gasteiger partial charge in [-0.15, -0.1) is 0 Å². The summed E-state index contributed by atoms with van der Waals surface area (Å²) < 4.78 is 29.3. The average Bonchev–Trinajstić information content (AvgIpc) is 2.77. The quantitative estimate of drug-likeness (QED) is 0.339. The molecule has 0 bridgehead atoms. The number of ether oxygens (including phenoxy) is 1. The van der Waals surface area contributed by atoms with E-state index >= 15 is 0 Å². The Balaban J connectivity index is 2.07. The summed E-state index contributed by atoms with van der Waals surface area (Å²) in [5.41, 5.74) is 3.31. The fraction of sp³-hybridized carbons (Fsp3) is 0.400. The second-order valence-corrected chi connectivity index (χ2v) is 9.91. The van der Waals surface area contributed by atoms with Crippen molar-refractivity contribution in [3.63, 3.8) is 0 Å². The molecule has 0 spiro atoms. The van der Waals surface area contributed by atoms with Gasteiger partial charge in [-0.05, 0) is 39.2 Å². The van der Waals surface area contributed by atoms with Crippen LogP contribution in [0, 0.1) is 0 Å². The monoisotopic (exact) mass is 486 g/mol. The fourth-order valence-electron chi connectivity index (χ4n) is 3.36. The van der Waals surface area contributed by atoms with E-state index in [-0.39, 0.29) is 12.6 Å². The molecule has 2 rings (SSSR count). The van der Waals surface area contributed by atoms with Gasteiger partial charge in [-0.1, -0.05) is 49.1 Å². The first-order valence-electron chi connectivity index (χ1n) is 11.2. The minimum absolute atomic E-state index is 0.198. The molecule has 0 atom stereocenters. The number of carbonyl (C=O) groups is 1. The molecular formula is C25H34N4O4S. The minimum atomic E-state index is -3.57. The van der Waals surface area contributed by atoms with Crippen molar-refractivity contribution in [3.8, 4) is 11.3 Å². The first kappa shape index (κ1) is 27.2. The summed E-state index contributed by atoms with van der Waals surface area (Å²) in [6, 6.07) is 10.1. The van der Waals surface area contributed by atoms with Crippen molar-refractivity contribution in [1.29, 1.82) is 0 Å². The van der Waals surface area contributed by atoms with Crippen LogP contribution in [0.4, 0.5) is 5.82 Å². The van der Waals surface area contributed by atoms with Crippen LogP contribution in [0.5, 0.6) is 0 Å². The van der Waals surface area contributed by atoms with E-state index in [0.717, 1.165) is 47.6 Å². The second-order valence-electron chi connectivity index (χ2n) is 8.16. The van der Waals surface area contributed by atoms with Gasteiger partial charge >= 0.3 is 0 Å². The van der Waals surface area contributed by atoms with Gasteiger partial charge in [0.1, 0.15) is 12.4 Å². The third kappa shape index (κ3) is 8.72. The number of aromatic nitrogens is 2. The highest BCUT2D eigenvalue weighted by Crippen LogP contribution is 2.28. The van der Waals surface area contributed by atoms with Gasteiger partial charge in [0.25, 0.3) is 5.91 Å². The predicted octanol–water partition coefficient (Wildman–Crippen LogP) is 3.82. The molecule has 1 N–H and O–H groups in total. The molecule has 1 aromatic carbocycles. The molecule has 9 heteroatoms. The molecule has 1 heterocycles. The number of nitrogens with zero attached hydrogens (tertiary/aromatic N) is 3. The van der Waals surface area contributed by atoms with Crippen LogP contribution in [0.3, 0.4) is 0 Å². The summed E-state index contributed by atoms with van der Waals surface area (Å²) >= 11 is 0. The molecule has 0 aliphatic rings. The summed E-state index contributed by atoms with van der Waals surface area (Å²) in [5, 5.41) is 0. The first-order valence-corrected chi connectivity index (χ1v) is 13.1. The molecule has 0 saturated heterocycles. The van der Waals surface area contributed by atoms with Crippen LogP contribution >= 0.6 is 0 Å². The highest BCUT2D eigenvalue weighted by atomic mass is 32.2. The SMILES string of the molecule is C=C(/C=C\C)c1ncc(N(CCCCOCC(=O)NS(C)(=O)=O)C(C)C)nc1-c1ccccc1. The lowest BCUT2D eigenvalue weighted by Gasteiger charge is -2.28. The molecule has 0 unspecified atom stereocenters. The Hall–Kier alpha value is -3.04. The average molecular weight is 487 g/mol. The molecule has 0 saturated carbocycles.